The van der Waals surface area contributed by atoms with Gasteiger partial charge in [-0.2, -0.15) is 0 Å². The number of aryl methyl sites for hydroxylation is 1. The van der Waals surface area contributed by atoms with Crippen LogP contribution in [0.4, 0.5) is 0 Å². The summed E-state index contributed by atoms with van der Waals surface area (Å²) in [5.41, 5.74) is 6.73. The lowest BCUT2D eigenvalue weighted by Gasteiger charge is -2.39. The van der Waals surface area contributed by atoms with Gasteiger partial charge in [0.2, 0.25) is 0 Å². The molecule has 0 aliphatic heterocycles. The molecule has 0 unspecified atom stereocenters. The predicted octanol–water partition coefficient (Wildman–Crippen LogP) is 2.43. The second-order valence-electron chi connectivity index (χ2n) is 5.01. The minimum absolute atomic E-state index is 0.00233. The molecule has 18 heavy (non-hydrogen) atoms. The van der Waals surface area contributed by atoms with Gasteiger partial charge in [-0.3, -0.25) is 0 Å². The van der Waals surface area contributed by atoms with E-state index in [1.165, 1.54) is 6.42 Å². The van der Waals surface area contributed by atoms with Gasteiger partial charge in [0.1, 0.15) is 17.3 Å². The highest BCUT2D eigenvalue weighted by molar-refractivity contribution is 5.51. The molecule has 1 aliphatic rings. The van der Waals surface area contributed by atoms with E-state index >= 15 is 0 Å². The quantitative estimate of drug-likeness (QED) is 0.899. The largest absolute Gasteiger partial charge is 0.460 e. The zero-order chi connectivity index (χ0) is 12.6. The Balaban J connectivity index is 1.99. The van der Waals surface area contributed by atoms with E-state index in [1.54, 1.807) is 6.20 Å². The molecule has 0 aromatic carbocycles. The summed E-state index contributed by atoms with van der Waals surface area (Å²) >= 11 is 0. The van der Waals surface area contributed by atoms with Crippen molar-refractivity contribution in [3.8, 4) is 11.5 Å². The minimum Gasteiger partial charge on any atom is -0.460 e. The Morgan fingerprint density at radius 2 is 2.17 bits per heavy atom. The first-order valence-corrected chi connectivity index (χ1v) is 6.34. The smallest absolute Gasteiger partial charge is 0.152 e. The van der Waals surface area contributed by atoms with E-state index in [9.17, 15) is 0 Å². The molecule has 0 radical (unpaired) electrons. The zero-order valence-electron chi connectivity index (χ0n) is 10.5. The number of aromatic nitrogens is 2. The average Bonchev–Trinajstić information content (AvgIpc) is 2.76. The Labute approximate surface area is 106 Å². The van der Waals surface area contributed by atoms with E-state index in [0.717, 1.165) is 35.9 Å². The van der Waals surface area contributed by atoms with Crippen LogP contribution in [0.2, 0.25) is 0 Å². The molecular formula is C14H17N3O. The van der Waals surface area contributed by atoms with Crippen molar-refractivity contribution in [2.45, 2.75) is 31.6 Å². The number of nitrogens with two attached hydrogens (primary N) is 1. The van der Waals surface area contributed by atoms with E-state index in [0.29, 0.717) is 6.54 Å². The highest BCUT2D eigenvalue weighted by atomic mass is 16.3. The molecule has 3 rings (SSSR count). The fourth-order valence-corrected chi connectivity index (χ4v) is 2.45. The fourth-order valence-electron chi connectivity index (χ4n) is 2.45. The summed E-state index contributed by atoms with van der Waals surface area (Å²) in [4.78, 5) is 9.04. The van der Waals surface area contributed by atoms with Gasteiger partial charge in [-0.15, -0.1) is 0 Å². The fraction of sp³-hybridized carbons (Fsp3) is 0.429. The summed E-state index contributed by atoms with van der Waals surface area (Å²) in [6.07, 6.45) is 5.18. The molecule has 94 valence electrons. The number of rotatable bonds is 3. The molecule has 0 spiro atoms. The normalized spacial score (nSPS) is 17.4. The topological polar surface area (TPSA) is 64.9 Å². The molecule has 0 atom stereocenters. The van der Waals surface area contributed by atoms with E-state index in [-0.39, 0.29) is 5.41 Å². The first-order valence-electron chi connectivity index (χ1n) is 6.34. The van der Waals surface area contributed by atoms with Crippen molar-refractivity contribution in [3.05, 3.63) is 36.0 Å². The van der Waals surface area contributed by atoms with Crippen LogP contribution in [0, 0.1) is 6.92 Å². The van der Waals surface area contributed by atoms with E-state index in [2.05, 4.69) is 9.97 Å². The van der Waals surface area contributed by atoms with Crippen LogP contribution < -0.4 is 5.73 Å². The molecule has 1 saturated carbocycles. The third-order valence-corrected chi connectivity index (χ3v) is 3.82. The van der Waals surface area contributed by atoms with Crippen molar-refractivity contribution < 1.29 is 4.42 Å². The van der Waals surface area contributed by atoms with Crippen molar-refractivity contribution in [1.29, 1.82) is 0 Å². The number of nitrogens with zero attached hydrogens (tertiary/aromatic N) is 2. The Hall–Kier alpha value is -1.68. The SMILES string of the molecule is Cc1ccc(-c2ccnc(C3(CN)CCC3)n2)o1. The van der Waals surface area contributed by atoms with Crippen molar-refractivity contribution in [2.75, 3.05) is 6.54 Å². The maximum atomic E-state index is 5.89. The van der Waals surface area contributed by atoms with E-state index in [4.69, 9.17) is 10.2 Å². The predicted molar refractivity (Wildman–Crippen MR) is 69.1 cm³/mol. The number of hydrogen-bond acceptors (Lipinski definition) is 4. The standard InChI is InChI=1S/C14H17N3O/c1-10-3-4-12(18-10)11-5-8-16-13(17-11)14(9-15)6-2-7-14/h3-5,8H,2,6-7,9,15H2,1H3. The third kappa shape index (κ3) is 1.73. The maximum absolute atomic E-state index is 5.89. The summed E-state index contributed by atoms with van der Waals surface area (Å²) in [5, 5.41) is 0. The molecule has 2 aromatic heterocycles. The van der Waals surface area contributed by atoms with Crippen LogP contribution in [0.1, 0.15) is 30.8 Å². The lowest BCUT2D eigenvalue weighted by Crippen LogP contribution is -2.43. The van der Waals surface area contributed by atoms with Gasteiger partial charge in [0, 0.05) is 18.2 Å². The van der Waals surface area contributed by atoms with Crippen molar-refractivity contribution in [3.63, 3.8) is 0 Å². The van der Waals surface area contributed by atoms with Gasteiger partial charge in [-0.05, 0) is 38.0 Å². The summed E-state index contributed by atoms with van der Waals surface area (Å²) < 4.78 is 5.60. The summed E-state index contributed by atoms with van der Waals surface area (Å²) in [5.74, 6) is 2.55. The van der Waals surface area contributed by atoms with Crippen molar-refractivity contribution >= 4 is 0 Å². The van der Waals surface area contributed by atoms with Crippen LogP contribution >= 0.6 is 0 Å². The summed E-state index contributed by atoms with van der Waals surface area (Å²) in [6.45, 7) is 2.55. The van der Waals surface area contributed by atoms with Crippen LogP contribution in [0.5, 0.6) is 0 Å². The van der Waals surface area contributed by atoms with Crippen molar-refractivity contribution in [1.82, 2.24) is 9.97 Å². The van der Waals surface area contributed by atoms with Gasteiger partial charge in [0.25, 0.3) is 0 Å². The van der Waals surface area contributed by atoms with E-state index < -0.39 is 0 Å². The molecule has 2 N–H and O–H groups in total. The highest BCUT2D eigenvalue weighted by Crippen LogP contribution is 2.41. The molecule has 0 bridgehead atoms. The van der Waals surface area contributed by atoms with Crippen LogP contribution in [0.3, 0.4) is 0 Å². The lowest BCUT2D eigenvalue weighted by atomic mass is 9.68. The molecule has 2 aromatic rings. The highest BCUT2D eigenvalue weighted by Gasteiger charge is 2.40. The summed E-state index contributed by atoms with van der Waals surface area (Å²) in [6, 6.07) is 5.77. The first-order chi connectivity index (χ1) is 8.73. The molecule has 4 nitrogen and oxygen atoms in total. The second-order valence-corrected chi connectivity index (χ2v) is 5.01. The Kier molecular flexibility index (Phi) is 2.67. The third-order valence-electron chi connectivity index (χ3n) is 3.82. The average molecular weight is 243 g/mol. The van der Waals surface area contributed by atoms with Gasteiger partial charge in [-0.25, -0.2) is 9.97 Å². The van der Waals surface area contributed by atoms with Gasteiger partial charge in [-0.1, -0.05) is 6.42 Å². The van der Waals surface area contributed by atoms with Gasteiger partial charge >= 0.3 is 0 Å². The van der Waals surface area contributed by atoms with E-state index in [1.807, 2.05) is 25.1 Å². The monoisotopic (exact) mass is 243 g/mol. The van der Waals surface area contributed by atoms with Crippen LogP contribution in [0.15, 0.2) is 28.8 Å². The molecule has 0 amide bonds. The van der Waals surface area contributed by atoms with Gasteiger partial charge in [0.15, 0.2) is 5.76 Å². The molecule has 0 saturated heterocycles. The number of hydrogen-bond donors (Lipinski definition) is 1. The van der Waals surface area contributed by atoms with Crippen LogP contribution in [0.25, 0.3) is 11.5 Å². The van der Waals surface area contributed by atoms with Gasteiger partial charge < -0.3 is 10.2 Å². The molecule has 4 heteroatoms. The number of furan rings is 1. The lowest BCUT2D eigenvalue weighted by molar-refractivity contribution is 0.238. The van der Waals surface area contributed by atoms with Gasteiger partial charge in [0.05, 0.1) is 0 Å². The molecule has 2 heterocycles. The minimum atomic E-state index is -0.00233. The molecule has 1 fully saturated rings. The maximum Gasteiger partial charge on any atom is 0.152 e. The summed E-state index contributed by atoms with van der Waals surface area (Å²) in [7, 11) is 0. The van der Waals surface area contributed by atoms with Crippen molar-refractivity contribution in [2.24, 2.45) is 5.73 Å². The Bertz CT molecular complexity index is 552. The molecule has 1 aliphatic carbocycles. The first kappa shape index (κ1) is 11.4. The molecular weight excluding hydrogens is 226 g/mol. The Morgan fingerprint density at radius 1 is 1.33 bits per heavy atom. The van der Waals surface area contributed by atoms with Crippen LogP contribution in [-0.2, 0) is 5.41 Å². The van der Waals surface area contributed by atoms with Crippen LogP contribution in [-0.4, -0.2) is 16.5 Å². The Morgan fingerprint density at radius 3 is 2.72 bits per heavy atom. The second kappa shape index (κ2) is 4.21. The zero-order valence-corrected chi connectivity index (χ0v) is 10.5.